The monoisotopic (exact) mass is 480 g/mol. The third-order valence-corrected chi connectivity index (χ3v) is 8.20. The van der Waals surface area contributed by atoms with E-state index in [0.29, 0.717) is 13.1 Å². The molecule has 2 saturated heterocycles. The van der Waals surface area contributed by atoms with Gasteiger partial charge in [0.2, 0.25) is 0 Å². The maximum Gasteiger partial charge on any atom is 0.264 e. The van der Waals surface area contributed by atoms with Crippen LogP contribution in [0.4, 0.5) is 11.5 Å². The van der Waals surface area contributed by atoms with E-state index in [9.17, 15) is 4.79 Å². The number of aromatic nitrogens is 2. The van der Waals surface area contributed by atoms with Crippen LogP contribution in [-0.4, -0.2) is 91.7 Å². The van der Waals surface area contributed by atoms with Crippen molar-refractivity contribution in [2.75, 3.05) is 75.8 Å². The second-order valence-corrected chi connectivity index (χ2v) is 9.81. The van der Waals surface area contributed by atoms with Crippen LogP contribution in [0.15, 0.2) is 30.6 Å². The summed E-state index contributed by atoms with van der Waals surface area (Å²) in [7, 11) is 1.70. The van der Waals surface area contributed by atoms with E-state index in [-0.39, 0.29) is 5.91 Å². The number of anilines is 2. The van der Waals surface area contributed by atoms with Crippen LogP contribution in [0.1, 0.15) is 22.2 Å². The third-order valence-electron chi connectivity index (χ3n) is 7.01. The van der Waals surface area contributed by atoms with Gasteiger partial charge in [-0.3, -0.25) is 4.79 Å². The molecule has 180 valence electrons. The second kappa shape index (κ2) is 9.76. The van der Waals surface area contributed by atoms with Gasteiger partial charge in [0, 0.05) is 52.4 Å². The Hall–Kier alpha value is -2.91. The summed E-state index contributed by atoms with van der Waals surface area (Å²) in [5.74, 6) is 1.94. The van der Waals surface area contributed by atoms with Crippen LogP contribution in [0, 0.1) is 6.92 Å². The first-order valence-corrected chi connectivity index (χ1v) is 12.8. The maximum absolute atomic E-state index is 13.6. The summed E-state index contributed by atoms with van der Waals surface area (Å²) in [6, 6.07) is 8.06. The van der Waals surface area contributed by atoms with Gasteiger partial charge in [-0.25, -0.2) is 9.97 Å². The fourth-order valence-electron chi connectivity index (χ4n) is 4.96. The minimum Gasteiger partial charge on any atom is -0.495 e. The summed E-state index contributed by atoms with van der Waals surface area (Å²) in [6.07, 6.45) is 1.64. The number of thiophene rings is 1. The molecule has 0 spiro atoms. The first kappa shape index (κ1) is 22.9. The highest BCUT2D eigenvalue weighted by Crippen LogP contribution is 2.36. The summed E-state index contributed by atoms with van der Waals surface area (Å²) in [5, 5.41) is 1.04. The lowest BCUT2D eigenvalue weighted by Gasteiger charge is -2.36. The average Bonchev–Trinajstić information content (AvgIpc) is 3.25. The van der Waals surface area contributed by atoms with Crippen LogP contribution in [0.3, 0.4) is 0 Å². The number of likely N-dealkylation sites (N-methyl/N-ethyl adjacent to an activating group) is 1. The largest absolute Gasteiger partial charge is 0.495 e. The molecular formula is C25H32N6O2S. The molecule has 0 unspecified atom stereocenters. The van der Waals surface area contributed by atoms with Gasteiger partial charge in [-0.1, -0.05) is 19.1 Å². The SMILES string of the molecule is CCN1CCN(c2ncnc3sc(C(=O)N4CCN(c5ccccc5OC)CC4)c(C)c23)CC1. The van der Waals surface area contributed by atoms with E-state index in [1.54, 1.807) is 13.4 Å². The highest BCUT2D eigenvalue weighted by molar-refractivity contribution is 7.20. The van der Waals surface area contributed by atoms with Crippen LogP contribution in [0.2, 0.25) is 0 Å². The lowest BCUT2D eigenvalue weighted by Crippen LogP contribution is -2.48. The van der Waals surface area contributed by atoms with Gasteiger partial charge in [-0.15, -0.1) is 11.3 Å². The molecule has 3 aromatic rings. The number of nitrogens with zero attached hydrogens (tertiary/aromatic N) is 6. The summed E-state index contributed by atoms with van der Waals surface area (Å²) >= 11 is 1.50. The van der Waals surface area contributed by atoms with Crippen LogP contribution < -0.4 is 14.5 Å². The zero-order chi connectivity index (χ0) is 23.7. The summed E-state index contributed by atoms with van der Waals surface area (Å²) in [6.45, 7) is 12.2. The van der Waals surface area contributed by atoms with Crippen LogP contribution in [0.5, 0.6) is 5.75 Å². The van der Waals surface area contributed by atoms with Crippen molar-refractivity contribution >= 4 is 39.0 Å². The average molecular weight is 481 g/mol. The van der Waals surface area contributed by atoms with E-state index in [0.717, 1.165) is 83.7 Å². The number of para-hydroxylation sites is 2. The maximum atomic E-state index is 13.6. The minimum absolute atomic E-state index is 0.0990. The van der Waals surface area contributed by atoms with Gasteiger partial charge in [0.15, 0.2) is 0 Å². The fourth-order valence-corrected chi connectivity index (χ4v) is 6.07. The zero-order valence-corrected chi connectivity index (χ0v) is 21.0. The molecule has 2 aliphatic heterocycles. The molecule has 2 aliphatic rings. The van der Waals surface area contributed by atoms with Crippen molar-refractivity contribution in [2.45, 2.75) is 13.8 Å². The molecule has 5 rings (SSSR count). The molecule has 0 saturated carbocycles. The number of piperazine rings is 2. The van der Waals surface area contributed by atoms with Gasteiger partial charge >= 0.3 is 0 Å². The number of hydrogen-bond acceptors (Lipinski definition) is 8. The van der Waals surface area contributed by atoms with Gasteiger partial charge in [-0.2, -0.15) is 0 Å². The number of rotatable bonds is 5. The van der Waals surface area contributed by atoms with Crippen LogP contribution in [-0.2, 0) is 0 Å². The van der Waals surface area contributed by atoms with Gasteiger partial charge in [0.25, 0.3) is 5.91 Å². The number of methoxy groups -OCH3 is 1. The molecule has 0 radical (unpaired) electrons. The van der Waals surface area contributed by atoms with E-state index in [1.165, 1.54) is 11.3 Å². The second-order valence-electron chi connectivity index (χ2n) is 8.81. The smallest absolute Gasteiger partial charge is 0.264 e. The van der Waals surface area contributed by atoms with Gasteiger partial charge in [-0.05, 0) is 31.2 Å². The predicted octanol–water partition coefficient (Wildman–Crippen LogP) is 3.11. The molecule has 1 amide bonds. The van der Waals surface area contributed by atoms with Crippen molar-refractivity contribution in [1.82, 2.24) is 19.8 Å². The zero-order valence-electron chi connectivity index (χ0n) is 20.2. The molecule has 0 aliphatic carbocycles. The Labute approximate surface area is 204 Å². The summed E-state index contributed by atoms with van der Waals surface area (Å²) in [5.41, 5.74) is 2.09. The Morgan fingerprint density at radius 2 is 1.71 bits per heavy atom. The number of carbonyl (C=O) groups is 1. The van der Waals surface area contributed by atoms with Crippen molar-refractivity contribution in [3.8, 4) is 5.75 Å². The molecule has 1 aromatic carbocycles. The predicted molar refractivity (Wildman–Crippen MR) is 138 cm³/mol. The van der Waals surface area contributed by atoms with Crippen molar-refractivity contribution in [1.29, 1.82) is 0 Å². The third kappa shape index (κ3) is 4.18. The van der Waals surface area contributed by atoms with Crippen LogP contribution in [0.25, 0.3) is 10.2 Å². The molecule has 2 fully saturated rings. The van der Waals surface area contributed by atoms with Gasteiger partial charge in [0.05, 0.1) is 23.1 Å². The quantitative estimate of drug-likeness (QED) is 0.556. The highest BCUT2D eigenvalue weighted by atomic mass is 32.1. The van der Waals surface area contributed by atoms with Crippen molar-refractivity contribution < 1.29 is 9.53 Å². The number of benzene rings is 1. The minimum atomic E-state index is 0.0990. The van der Waals surface area contributed by atoms with Crippen molar-refractivity contribution in [2.24, 2.45) is 0 Å². The van der Waals surface area contributed by atoms with Crippen LogP contribution >= 0.6 is 11.3 Å². The molecular weight excluding hydrogens is 448 g/mol. The number of amides is 1. The fraction of sp³-hybridized carbons (Fsp3) is 0.480. The highest BCUT2D eigenvalue weighted by Gasteiger charge is 2.29. The lowest BCUT2D eigenvalue weighted by molar-refractivity contribution is 0.0751. The molecule has 0 bridgehead atoms. The lowest BCUT2D eigenvalue weighted by atomic mass is 10.1. The molecule has 2 aromatic heterocycles. The Morgan fingerprint density at radius 3 is 2.41 bits per heavy atom. The number of ether oxygens (including phenoxy) is 1. The summed E-state index contributed by atoms with van der Waals surface area (Å²) < 4.78 is 5.52. The Bertz CT molecular complexity index is 1170. The molecule has 9 heteroatoms. The molecule has 0 atom stereocenters. The Morgan fingerprint density at radius 1 is 1.00 bits per heavy atom. The number of carbonyl (C=O) groups excluding carboxylic acids is 1. The Balaban J connectivity index is 1.34. The van der Waals surface area contributed by atoms with E-state index < -0.39 is 0 Å². The van der Waals surface area contributed by atoms with E-state index >= 15 is 0 Å². The van der Waals surface area contributed by atoms with Gasteiger partial charge in [0.1, 0.15) is 22.7 Å². The Kier molecular flexibility index (Phi) is 6.56. The number of hydrogen-bond donors (Lipinski definition) is 0. The van der Waals surface area contributed by atoms with Gasteiger partial charge < -0.3 is 24.3 Å². The molecule has 34 heavy (non-hydrogen) atoms. The first-order valence-electron chi connectivity index (χ1n) is 12.0. The van der Waals surface area contributed by atoms with E-state index in [4.69, 9.17) is 4.74 Å². The first-order chi connectivity index (χ1) is 16.6. The normalized spacial score (nSPS) is 17.4. The molecule has 0 N–H and O–H groups in total. The van der Waals surface area contributed by atoms with Crippen molar-refractivity contribution in [3.63, 3.8) is 0 Å². The number of aryl methyl sites for hydroxylation is 1. The van der Waals surface area contributed by atoms with E-state index in [1.807, 2.05) is 30.0 Å². The van der Waals surface area contributed by atoms with Crippen molar-refractivity contribution in [3.05, 3.63) is 41.0 Å². The molecule has 8 nitrogen and oxygen atoms in total. The number of fused-ring (bicyclic) bond motifs is 1. The standard InChI is InChI=1S/C25H32N6O2S/c1-4-28-9-11-30(12-10-28)23-21-18(2)22(34-24(21)27-17-26-23)25(32)31-15-13-29(14-16-31)19-7-5-6-8-20(19)33-3/h5-8,17H,4,9-16H2,1-3H3. The topological polar surface area (TPSA) is 65.0 Å². The summed E-state index contributed by atoms with van der Waals surface area (Å²) in [4.78, 5) is 33.5. The van der Waals surface area contributed by atoms with E-state index in [2.05, 4.69) is 37.7 Å². The molecule has 4 heterocycles.